The van der Waals surface area contributed by atoms with Gasteiger partial charge in [0.1, 0.15) is 5.82 Å². The Labute approximate surface area is 152 Å². The first-order valence-electron chi connectivity index (χ1n) is 8.97. The van der Waals surface area contributed by atoms with E-state index in [1.165, 1.54) is 6.07 Å². The number of hydrogen-bond acceptors (Lipinski definition) is 3. The van der Waals surface area contributed by atoms with Crippen molar-refractivity contribution in [3.05, 3.63) is 71.5 Å². The lowest BCUT2D eigenvalue weighted by Gasteiger charge is -2.53. The van der Waals surface area contributed by atoms with Crippen LogP contribution >= 0.6 is 0 Å². The van der Waals surface area contributed by atoms with Crippen molar-refractivity contribution in [2.45, 2.75) is 17.9 Å². The van der Waals surface area contributed by atoms with E-state index in [9.17, 15) is 14.3 Å². The Hall–Kier alpha value is -2.24. The summed E-state index contributed by atoms with van der Waals surface area (Å²) >= 11 is 0. The summed E-state index contributed by atoms with van der Waals surface area (Å²) < 4.78 is 20.0. The normalized spacial score (nSPS) is 25.4. The SMILES string of the molecule is O=C(O)[C@@H]1CCN(C2(c3ccccc3F)COC2)C[C@H]1c1ccccc1. The second-order valence-electron chi connectivity index (χ2n) is 7.20. The van der Waals surface area contributed by atoms with Crippen LogP contribution in [0.25, 0.3) is 0 Å². The molecule has 0 aliphatic carbocycles. The number of piperidine rings is 1. The lowest BCUT2D eigenvalue weighted by molar-refractivity contribution is -0.165. The minimum absolute atomic E-state index is 0.119. The minimum Gasteiger partial charge on any atom is -0.481 e. The first kappa shape index (κ1) is 17.2. The van der Waals surface area contributed by atoms with Crippen molar-refractivity contribution >= 4 is 5.97 Å². The number of rotatable bonds is 4. The van der Waals surface area contributed by atoms with E-state index in [2.05, 4.69) is 4.90 Å². The molecule has 0 saturated carbocycles. The summed E-state index contributed by atoms with van der Waals surface area (Å²) in [5.74, 6) is -1.53. The Morgan fingerprint density at radius 1 is 1.12 bits per heavy atom. The standard InChI is InChI=1S/C21H22FNO3/c22-19-9-5-4-8-18(19)21(13-26-14-21)23-11-10-16(20(24)25)17(12-23)15-6-2-1-3-7-15/h1-9,16-17H,10-14H2,(H,24,25)/t16-,17+/m1/s1. The molecule has 2 aromatic carbocycles. The average molecular weight is 355 g/mol. The van der Waals surface area contributed by atoms with Crippen LogP contribution < -0.4 is 0 Å². The number of aliphatic carboxylic acids is 1. The summed E-state index contributed by atoms with van der Waals surface area (Å²) in [5.41, 5.74) is 1.17. The van der Waals surface area contributed by atoms with E-state index in [0.717, 1.165) is 5.56 Å². The van der Waals surface area contributed by atoms with Crippen molar-refractivity contribution in [2.24, 2.45) is 5.92 Å². The maximum atomic E-state index is 14.5. The van der Waals surface area contributed by atoms with Crippen molar-refractivity contribution in [2.75, 3.05) is 26.3 Å². The molecule has 2 fully saturated rings. The molecule has 0 bridgehead atoms. The zero-order valence-electron chi connectivity index (χ0n) is 14.5. The number of benzene rings is 2. The summed E-state index contributed by atoms with van der Waals surface area (Å²) in [6, 6.07) is 16.6. The van der Waals surface area contributed by atoms with E-state index >= 15 is 0 Å². The van der Waals surface area contributed by atoms with Crippen molar-refractivity contribution in [3.63, 3.8) is 0 Å². The quantitative estimate of drug-likeness (QED) is 0.915. The van der Waals surface area contributed by atoms with Gasteiger partial charge in [-0.1, -0.05) is 48.5 Å². The predicted molar refractivity (Wildman–Crippen MR) is 95.4 cm³/mol. The fourth-order valence-corrected chi connectivity index (χ4v) is 4.32. The first-order valence-corrected chi connectivity index (χ1v) is 8.97. The molecule has 26 heavy (non-hydrogen) atoms. The van der Waals surface area contributed by atoms with E-state index in [4.69, 9.17) is 4.74 Å². The number of carbonyl (C=O) groups is 1. The van der Waals surface area contributed by atoms with E-state index in [1.54, 1.807) is 6.07 Å². The highest BCUT2D eigenvalue weighted by molar-refractivity contribution is 5.71. The number of carboxylic acid groups (broad SMARTS) is 1. The van der Waals surface area contributed by atoms with Gasteiger partial charge in [-0.2, -0.15) is 0 Å². The molecule has 2 heterocycles. The van der Waals surface area contributed by atoms with Crippen LogP contribution in [0, 0.1) is 11.7 Å². The van der Waals surface area contributed by atoms with E-state index in [0.29, 0.717) is 38.3 Å². The molecular formula is C21H22FNO3. The fraction of sp³-hybridized carbons (Fsp3) is 0.381. The van der Waals surface area contributed by atoms with Crippen molar-refractivity contribution in [1.82, 2.24) is 4.90 Å². The summed E-state index contributed by atoms with van der Waals surface area (Å²) in [6.45, 7) is 2.08. The molecule has 0 amide bonds. The molecule has 2 saturated heterocycles. The molecule has 2 aliphatic rings. The third-order valence-corrected chi connectivity index (χ3v) is 5.82. The third-order valence-electron chi connectivity index (χ3n) is 5.82. The zero-order valence-corrected chi connectivity index (χ0v) is 14.5. The second kappa shape index (κ2) is 6.82. The van der Waals surface area contributed by atoms with Crippen LogP contribution in [0.4, 0.5) is 4.39 Å². The molecule has 136 valence electrons. The van der Waals surface area contributed by atoms with Gasteiger partial charge >= 0.3 is 5.97 Å². The topological polar surface area (TPSA) is 49.8 Å². The molecule has 4 nitrogen and oxygen atoms in total. The van der Waals surface area contributed by atoms with Crippen LogP contribution in [0.5, 0.6) is 0 Å². The van der Waals surface area contributed by atoms with Crippen LogP contribution in [0.1, 0.15) is 23.5 Å². The molecule has 0 spiro atoms. The molecular weight excluding hydrogens is 333 g/mol. The van der Waals surface area contributed by atoms with Gasteiger partial charge in [0.15, 0.2) is 0 Å². The molecule has 2 aromatic rings. The van der Waals surface area contributed by atoms with Crippen molar-refractivity contribution in [1.29, 1.82) is 0 Å². The summed E-state index contributed by atoms with van der Waals surface area (Å²) in [4.78, 5) is 14.0. The smallest absolute Gasteiger partial charge is 0.307 e. The van der Waals surface area contributed by atoms with E-state index in [1.807, 2.05) is 42.5 Å². The van der Waals surface area contributed by atoms with Gasteiger partial charge in [-0.15, -0.1) is 0 Å². The Morgan fingerprint density at radius 3 is 2.42 bits per heavy atom. The molecule has 1 N–H and O–H groups in total. The highest BCUT2D eigenvalue weighted by Crippen LogP contribution is 2.43. The molecule has 2 atom stereocenters. The molecule has 5 heteroatoms. The summed E-state index contributed by atoms with van der Waals surface area (Å²) in [6.07, 6.45) is 0.547. The molecule has 0 radical (unpaired) electrons. The molecule has 2 aliphatic heterocycles. The maximum Gasteiger partial charge on any atom is 0.307 e. The van der Waals surface area contributed by atoms with Crippen LogP contribution in [0.3, 0.4) is 0 Å². The zero-order chi connectivity index (χ0) is 18.1. The first-order chi connectivity index (χ1) is 12.6. The maximum absolute atomic E-state index is 14.5. The molecule has 0 unspecified atom stereocenters. The van der Waals surface area contributed by atoms with Gasteiger partial charge < -0.3 is 9.84 Å². The highest BCUT2D eigenvalue weighted by Gasteiger charge is 2.50. The monoisotopic (exact) mass is 355 g/mol. The van der Waals surface area contributed by atoms with Gasteiger partial charge in [0.25, 0.3) is 0 Å². The lowest BCUT2D eigenvalue weighted by atomic mass is 9.76. The molecule has 0 aromatic heterocycles. The largest absolute Gasteiger partial charge is 0.481 e. The Balaban J connectivity index is 1.68. The van der Waals surface area contributed by atoms with Gasteiger partial charge in [-0.3, -0.25) is 9.69 Å². The van der Waals surface area contributed by atoms with Crippen molar-refractivity contribution < 1.29 is 19.0 Å². The Morgan fingerprint density at radius 2 is 1.81 bits per heavy atom. The Bertz CT molecular complexity index is 791. The Kier molecular flexibility index (Phi) is 4.51. The number of halogens is 1. The number of ether oxygens (including phenoxy) is 1. The van der Waals surface area contributed by atoms with Gasteiger partial charge in [0.2, 0.25) is 0 Å². The number of hydrogen-bond donors (Lipinski definition) is 1. The number of nitrogens with zero attached hydrogens (tertiary/aromatic N) is 1. The predicted octanol–water partition coefficient (Wildman–Crippen LogP) is 3.24. The van der Waals surface area contributed by atoms with E-state index < -0.39 is 17.4 Å². The average Bonchev–Trinajstić information content (AvgIpc) is 2.63. The molecule has 4 rings (SSSR count). The van der Waals surface area contributed by atoms with Crippen molar-refractivity contribution in [3.8, 4) is 0 Å². The van der Waals surface area contributed by atoms with Crippen LogP contribution in [-0.4, -0.2) is 42.3 Å². The van der Waals surface area contributed by atoms with Crippen LogP contribution in [0.15, 0.2) is 54.6 Å². The summed E-state index contributed by atoms with van der Waals surface area (Å²) in [7, 11) is 0. The highest BCUT2D eigenvalue weighted by atomic mass is 19.1. The van der Waals surface area contributed by atoms with E-state index in [-0.39, 0.29) is 11.7 Å². The van der Waals surface area contributed by atoms with Gasteiger partial charge in [0.05, 0.1) is 24.7 Å². The third kappa shape index (κ3) is 2.81. The van der Waals surface area contributed by atoms with Gasteiger partial charge in [0, 0.05) is 24.6 Å². The van der Waals surface area contributed by atoms with Crippen LogP contribution in [-0.2, 0) is 15.1 Å². The van der Waals surface area contributed by atoms with Gasteiger partial charge in [-0.05, 0) is 18.1 Å². The summed E-state index contributed by atoms with van der Waals surface area (Å²) in [5, 5.41) is 9.69. The lowest BCUT2D eigenvalue weighted by Crippen LogP contribution is -2.63. The fourth-order valence-electron chi connectivity index (χ4n) is 4.32. The van der Waals surface area contributed by atoms with Gasteiger partial charge in [-0.25, -0.2) is 4.39 Å². The number of likely N-dealkylation sites (tertiary alicyclic amines) is 1. The number of carboxylic acids is 1. The van der Waals surface area contributed by atoms with Crippen LogP contribution in [0.2, 0.25) is 0 Å². The second-order valence-corrected chi connectivity index (χ2v) is 7.20. The minimum atomic E-state index is -0.761.